The molecule has 1 N–H and O–H groups in total. The van der Waals surface area contributed by atoms with E-state index in [0.29, 0.717) is 24.7 Å². The monoisotopic (exact) mass is 423 g/mol. The second kappa shape index (κ2) is 9.44. The van der Waals surface area contributed by atoms with Crippen molar-refractivity contribution >= 4 is 11.0 Å². The first-order chi connectivity index (χ1) is 15.3. The van der Waals surface area contributed by atoms with Crippen LogP contribution in [-0.2, 0) is 22.5 Å². The van der Waals surface area contributed by atoms with Crippen LogP contribution in [0.3, 0.4) is 0 Å². The van der Waals surface area contributed by atoms with Gasteiger partial charge in [-0.3, -0.25) is 9.88 Å². The number of fused-ring (bicyclic) bond motifs is 1. The summed E-state index contributed by atoms with van der Waals surface area (Å²) in [6.45, 7) is 4.41. The van der Waals surface area contributed by atoms with Gasteiger partial charge in [0.2, 0.25) is 0 Å². The molecule has 0 unspecified atom stereocenters. The third kappa shape index (κ3) is 4.50. The summed E-state index contributed by atoms with van der Waals surface area (Å²) in [4.78, 5) is 6.64. The maximum absolute atomic E-state index is 10.0. The smallest absolute Gasteiger partial charge is 0.173 e. The normalized spacial score (nSPS) is 18.9. The molecular weight excluding hydrogens is 394 g/mol. The van der Waals surface area contributed by atoms with Crippen molar-refractivity contribution in [3.63, 3.8) is 0 Å². The molecule has 5 rings (SSSR count). The van der Waals surface area contributed by atoms with E-state index in [4.69, 9.17) is 14.0 Å². The third-order valence-corrected chi connectivity index (χ3v) is 6.54. The number of rotatable bonds is 7. The molecule has 2 aliphatic heterocycles. The maximum Gasteiger partial charge on any atom is 0.173 e. The van der Waals surface area contributed by atoms with Gasteiger partial charge < -0.3 is 19.1 Å². The Hall–Kier alpha value is -2.32. The second-order valence-corrected chi connectivity index (χ2v) is 8.45. The summed E-state index contributed by atoms with van der Waals surface area (Å²) in [7, 11) is 0. The van der Waals surface area contributed by atoms with Gasteiger partial charge >= 0.3 is 0 Å². The standard InChI is InChI=1S/C24H29N3O4/c28-16-21-19(18-2-1-9-25-14-18)4-5-20-22(26-31-24(20)21)6-3-17-7-10-27(11-8-17)15-23-29-12-13-30-23/h1-2,4-5,9,14,17,23,28H,3,6-8,10-13,15-16H2. The molecule has 164 valence electrons. The maximum atomic E-state index is 10.0. The zero-order chi connectivity index (χ0) is 21.0. The van der Waals surface area contributed by atoms with Gasteiger partial charge in [0.1, 0.15) is 0 Å². The molecule has 2 aromatic heterocycles. The Morgan fingerprint density at radius 3 is 2.68 bits per heavy atom. The number of pyridine rings is 1. The zero-order valence-electron chi connectivity index (χ0n) is 17.7. The zero-order valence-corrected chi connectivity index (χ0v) is 17.7. The third-order valence-electron chi connectivity index (χ3n) is 6.54. The average molecular weight is 424 g/mol. The number of aromatic nitrogens is 2. The van der Waals surface area contributed by atoms with E-state index in [-0.39, 0.29) is 12.9 Å². The van der Waals surface area contributed by atoms with Gasteiger partial charge in [-0.15, -0.1) is 0 Å². The van der Waals surface area contributed by atoms with Crippen molar-refractivity contribution in [1.82, 2.24) is 15.0 Å². The summed E-state index contributed by atoms with van der Waals surface area (Å²) >= 11 is 0. The summed E-state index contributed by atoms with van der Waals surface area (Å²) < 4.78 is 16.8. The van der Waals surface area contributed by atoms with E-state index in [2.05, 4.69) is 21.1 Å². The van der Waals surface area contributed by atoms with E-state index in [0.717, 1.165) is 60.2 Å². The molecule has 0 radical (unpaired) electrons. The average Bonchev–Trinajstić information content (AvgIpc) is 3.48. The number of aliphatic hydroxyl groups excluding tert-OH is 1. The van der Waals surface area contributed by atoms with Crippen LogP contribution in [0, 0.1) is 5.92 Å². The minimum Gasteiger partial charge on any atom is -0.392 e. The Labute approximate surface area is 182 Å². The van der Waals surface area contributed by atoms with E-state index in [1.54, 1.807) is 12.4 Å². The van der Waals surface area contributed by atoms with Crippen LogP contribution < -0.4 is 0 Å². The molecule has 31 heavy (non-hydrogen) atoms. The number of aliphatic hydroxyl groups is 1. The molecule has 0 bridgehead atoms. The van der Waals surface area contributed by atoms with Crippen molar-refractivity contribution in [3.05, 3.63) is 47.9 Å². The summed E-state index contributed by atoms with van der Waals surface area (Å²) in [5, 5.41) is 15.4. The van der Waals surface area contributed by atoms with Crippen LogP contribution in [0.2, 0.25) is 0 Å². The van der Waals surface area contributed by atoms with E-state index in [9.17, 15) is 5.11 Å². The number of aryl methyl sites for hydroxylation is 1. The number of nitrogens with zero attached hydrogens (tertiary/aromatic N) is 3. The quantitative estimate of drug-likeness (QED) is 0.624. The molecule has 0 aliphatic carbocycles. The number of benzene rings is 1. The molecule has 7 nitrogen and oxygen atoms in total. The number of ether oxygens (including phenoxy) is 2. The molecule has 0 atom stereocenters. The van der Waals surface area contributed by atoms with Crippen LogP contribution in [-0.4, -0.2) is 59.3 Å². The van der Waals surface area contributed by atoms with Crippen molar-refractivity contribution in [3.8, 4) is 11.1 Å². The topological polar surface area (TPSA) is 80.9 Å². The van der Waals surface area contributed by atoms with Crippen LogP contribution in [0.15, 0.2) is 41.2 Å². The highest BCUT2D eigenvalue weighted by Gasteiger charge is 2.25. The second-order valence-electron chi connectivity index (χ2n) is 8.45. The minimum atomic E-state index is -0.0942. The van der Waals surface area contributed by atoms with Gasteiger partial charge in [0, 0.05) is 35.5 Å². The van der Waals surface area contributed by atoms with Crippen molar-refractivity contribution in [1.29, 1.82) is 0 Å². The van der Waals surface area contributed by atoms with Crippen molar-refractivity contribution in [2.45, 2.75) is 38.6 Å². The highest BCUT2D eigenvalue weighted by Crippen LogP contribution is 2.33. The van der Waals surface area contributed by atoms with Crippen molar-refractivity contribution in [2.75, 3.05) is 32.8 Å². The predicted molar refractivity (Wildman–Crippen MR) is 116 cm³/mol. The van der Waals surface area contributed by atoms with Gasteiger partial charge in [-0.05, 0) is 62.4 Å². The van der Waals surface area contributed by atoms with Crippen LogP contribution in [0.5, 0.6) is 0 Å². The summed E-state index contributed by atoms with van der Waals surface area (Å²) in [5.74, 6) is 0.695. The Kier molecular flexibility index (Phi) is 6.27. The first-order valence-electron chi connectivity index (χ1n) is 11.2. The van der Waals surface area contributed by atoms with Crippen molar-refractivity contribution < 1.29 is 19.1 Å². The van der Waals surface area contributed by atoms with Gasteiger partial charge in [-0.25, -0.2) is 0 Å². The molecule has 2 fully saturated rings. The number of hydrogen-bond donors (Lipinski definition) is 1. The molecule has 0 spiro atoms. The van der Waals surface area contributed by atoms with E-state index in [1.807, 2.05) is 18.2 Å². The molecule has 0 saturated carbocycles. The first kappa shape index (κ1) is 20.6. The Morgan fingerprint density at radius 1 is 1.10 bits per heavy atom. The van der Waals surface area contributed by atoms with Crippen LogP contribution in [0.25, 0.3) is 22.1 Å². The summed E-state index contributed by atoms with van der Waals surface area (Å²) in [5.41, 5.74) is 4.34. The fraction of sp³-hybridized carbons (Fsp3) is 0.500. The van der Waals surface area contributed by atoms with E-state index in [1.165, 1.54) is 12.8 Å². The Morgan fingerprint density at radius 2 is 1.94 bits per heavy atom. The minimum absolute atomic E-state index is 0.0460. The molecule has 2 saturated heterocycles. The van der Waals surface area contributed by atoms with Gasteiger partial charge in [0.15, 0.2) is 11.9 Å². The van der Waals surface area contributed by atoms with Gasteiger partial charge in [-0.2, -0.15) is 0 Å². The molecule has 4 heterocycles. The van der Waals surface area contributed by atoms with E-state index >= 15 is 0 Å². The fourth-order valence-electron chi connectivity index (χ4n) is 4.76. The molecule has 3 aromatic rings. The largest absolute Gasteiger partial charge is 0.392 e. The number of piperidine rings is 1. The van der Waals surface area contributed by atoms with Gasteiger partial charge in [0.25, 0.3) is 0 Å². The lowest BCUT2D eigenvalue weighted by Gasteiger charge is -2.32. The van der Waals surface area contributed by atoms with Crippen LogP contribution >= 0.6 is 0 Å². The highest BCUT2D eigenvalue weighted by molar-refractivity contribution is 5.89. The molecule has 1 aromatic carbocycles. The van der Waals surface area contributed by atoms with E-state index < -0.39 is 0 Å². The van der Waals surface area contributed by atoms with Crippen LogP contribution in [0.1, 0.15) is 30.5 Å². The number of hydrogen-bond acceptors (Lipinski definition) is 7. The van der Waals surface area contributed by atoms with Crippen LogP contribution in [0.4, 0.5) is 0 Å². The predicted octanol–water partition coefficient (Wildman–Crippen LogP) is 3.40. The SMILES string of the molecule is OCc1c(-c2cccnc2)ccc2c(CCC3CCN(CC4OCCO4)CC3)noc12. The lowest BCUT2D eigenvalue weighted by molar-refractivity contribution is -0.0661. The lowest BCUT2D eigenvalue weighted by atomic mass is 9.90. The number of likely N-dealkylation sites (tertiary alicyclic amines) is 1. The van der Waals surface area contributed by atoms with Crippen molar-refractivity contribution in [2.24, 2.45) is 5.92 Å². The lowest BCUT2D eigenvalue weighted by Crippen LogP contribution is -2.39. The molecule has 7 heteroatoms. The Bertz CT molecular complexity index is 993. The highest BCUT2D eigenvalue weighted by atomic mass is 16.7. The molecular formula is C24H29N3O4. The van der Waals surface area contributed by atoms with Gasteiger partial charge in [0.05, 0.1) is 25.5 Å². The molecule has 2 aliphatic rings. The van der Waals surface area contributed by atoms with Gasteiger partial charge in [-0.1, -0.05) is 17.3 Å². The summed E-state index contributed by atoms with van der Waals surface area (Å²) in [6.07, 6.45) is 7.87. The fourth-order valence-corrected chi connectivity index (χ4v) is 4.76. The molecule has 0 amide bonds. The Balaban J connectivity index is 1.22. The summed E-state index contributed by atoms with van der Waals surface area (Å²) in [6, 6.07) is 7.98. The first-order valence-corrected chi connectivity index (χ1v) is 11.2.